The molecule has 0 aromatic carbocycles. The Hall–Kier alpha value is -4.09. The number of likely N-dealkylation sites (tertiary alicyclic amines) is 1. The molecule has 1 N–H and O–H groups in total. The maximum atomic E-state index is 13.7. The molecule has 7 heterocycles. The lowest BCUT2D eigenvalue weighted by Gasteiger charge is -2.19. The van der Waals surface area contributed by atoms with E-state index in [1.165, 1.54) is 0 Å². The summed E-state index contributed by atoms with van der Waals surface area (Å²) < 4.78 is 29.1. The van der Waals surface area contributed by atoms with Crippen molar-refractivity contribution in [1.29, 1.82) is 0 Å². The van der Waals surface area contributed by atoms with Gasteiger partial charge in [-0.05, 0) is 35.2 Å². The summed E-state index contributed by atoms with van der Waals surface area (Å²) in [6.45, 7) is 1.09. The highest BCUT2D eigenvalue weighted by atomic mass is 32.1. The van der Waals surface area contributed by atoms with Gasteiger partial charge in [0.25, 0.3) is 5.92 Å². The van der Waals surface area contributed by atoms with Crippen molar-refractivity contribution in [3.8, 4) is 21.8 Å². The van der Waals surface area contributed by atoms with Crippen LogP contribution in [0.1, 0.15) is 23.2 Å². The number of nitrogens with zero attached hydrogens (tertiary/aromatic N) is 7. The van der Waals surface area contributed by atoms with E-state index < -0.39 is 5.92 Å². The highest BCUT2D eigenvalue weighted by Gasteiger charge is 2.38. The number of nitrogens with one attached hydrogen (secondary N) is 1. The van der Waals surface area contributed by atoms with Gasteiger partial charge in [-0.1, -0.05) is 6.07 Å². The van der Waals surface area contributed by atoms with E-state index in [1.807, 2.05) is 42.9 Å². The lowest BCUT2D eigenvalue weighted by Crippen LogP contribution is -2.24. The minimum Gasteiger partial charge on any atom is -0.338 e. The number of aromatic nitrogens is 5. The Bertz CT molecular complexity index is 1730. The van der Waals surface area contributed by atoms with Crippen LogP contribution in [0.2, 0.25) is 0 Å². The summed E-state index contributed by atoms with van der Waals surface area (Å²) in [6.07, 6.45) is 6.98. The smallest absolute Gasteiger partial charge is 0.261 e. The standard InChI is InChI=1S/C28H24F2N8S/c1-37-23-14-33-22(18-9-17(11-31-12-18)15-38-7-5-28(29,30)16-38)10-19(23)26(36-37)27-34-13-20-21(35-27)4-6-32-25(20)24-3-2-8-39-24/h2-4,6,8-12,14H,5,7,13,15-16H2,1H3,(H,34,35). The Kier molecular flexibility index (Phi) is 5.71. The molecule has 1 fully saturated rings. The molecular formula is C28H24F2N8S. The van der Waals surface area contributed by atoms with Crippen molar-refractivity contribution in [3.63, 3.8) is 0 Å². The third-order valence-electron chi connectivity index (χ3n) is 7.17. The molecule has 11 heteroatoms. The van der Waals surface area contributed by atoms with Crippen LogP contribution in [0.5, 0.6) is 0 Å². The summed E-state index contributed by atoms with van der Waals surface area (Å²) in [4.78, 5) is 21.4. The number of aliphatic imine (C=N–C) groups is 1. The van der Waals surface area contributed by atoms with Crippen LogP contribution < -0.4 is 5.32 Å². The van der Waals surface area contributed by atoms with Gasteiger partial charge in [0.2, 0.25) is 0 Å². The number of alkyl halides is 2. The lowest BCUT2D eigenvalue weighted by atomic mass is 10.1. The molecule has 0 radical (unpaired) electrons. The molecule has 2 aliphatic heterocycles. The molecule has 0 bridgehead atoms. The molecule has 0 atom stereocenters. The van der Waals surface area contributed by atoms with Gasteiger partial charge in [0, 0.05) is 67.3 Å². The van der Waals surface area contributed by atoms with E-state index in [0.29, 0.717) is 25.5 Å². The van der Waals surface area contributed by atoms with Crippen molar-refractivity contribution in [3.05, 3.63) is 77.3 Å². The van der Waals surface area contributed by atoms with Gasteiger partial charge < -0.3 is 5.32 Å². The molecule has 196 valence electrons. The maximum absolute atomic E-state index is 13.7. The minimum atomic E-state index is -2.62. The van der Waals surface area contributed by atoms with Crippen LogP contribution in [-0.4, -0.2) is 54.5 Å². The first-order chi connectivity index (χ1) is 18.9. The summed E-state index contributed by atoms with van der Waals surface area (Å²) in [5.41, 5.74) is 7.02. The topological polar surface area (TPSA) is 84.1 Å². The molecule has 2 aliphatic rings. The molecule has 5 aromatic rings. The van der Waals surface area contributed by atoms with Crippen molar-refractivity contribution < 1.29 is 8.78 Å². The second-order valence-corrected chi connectivity index (χ2v) is 10.9. The number of halogens is 2. The molecule has 0 amide bonds. The fourth-order valence-electron chi connectivity index (χ4n) is 5.25. The van der Waals surface area contributed by atoms with E-state index in [9.17, 15) is 8.78 Å². The van der Waals surface area contributed by atoms with Gasteiger partial charge in [-0.3, -0.25) is 29.5 Å². The first kappa shape index (κ1) is 24.0. The second kappa shape index (κ2) is 9.28. The van der Waals surface area contributed by atoms with Gasteiger partial charge in [0.15, 0.2) is 5.84 Å². The van der Waals surface area contributed by atoms with Crippen LogP contribution >= 0.6 is 11.3 Å². The fraction of sp³-hybridized carbons (Fsp3) is 0.250. The average Bonchev–Trinajstić information content (AvgIpc) is 3.67. The molecule has 7 rings (SSSR count). The van der Waals surface area contributed by atoms with Crippen LogP contribution in [0, 0.1) is 0 Å². The van der Waals surface area contributed by atoms with E-state index in [0.717, 1.165) is 55.2 Å². The van der Waals surface area contributed by atoms with E-state index in [2.05, 4.69) is 26.3 Å². The molecular weight excluding hydrogens is 518 g/mol. The predicted octanol–water partition coefficient (Wildman–Crippen LogP) is 5.37. The SMILES string of the molecule is Cn1nc(C2=NCc3c(ccnc3-c3cccs3)N2)c2cc(-c3cncc(CN4CCC(F)(F)C4)c3)ncc21. The zero-order valence-corrected chi connectivity index (χ0v) is 21.9. The third kappa shape index (κ3) is 4.47. The summed E-state index contributed by atoms with van der Waals surface area (Å²) in [5.74, 6) is -1.93. The largest absolute Gasteiger partial charge is 0.338 e. The van der Waals surface area contributed by atoms with Crippen molar-refractivity contribution in [1.82, 2.24) is 29.6 Å². The van der Waals surface area contributed by atoms with Crippen molar-refractivity contribution in [2.24, 2.45) is 12.0 Å². The van der Waals surface area contributed by atoms with Crippen LogP contribution in [0.15, 0.2) is 65.5 Å². The Morgan fingerprint density at radius 2 is 2.03 bits per heavy atom. The number of pyridine rings is 3. The van der Waals surface area contributed by atoms with Crippen molar-refractivity contribution in [2.75, 3.05) is 18.4 Å². The fourth-order valence-corrected chi connectivity index (χ4v) is 6.00. The summed E-state index contributed by atoms with van der Waals surface area (Å²) >= 11 is 1.66. The molecule has 39 heavy (non-hydrogen) atoms. The molecule has 5 aromatic heterocycles. The second-order valence-electron chi connectivity index (χ2n) is 9.91. The van der Waals surface area contributed by atoms with Gasteiger partial charge >= 0.3 is 0 Å². The Balaban J connectivity index is 1.20. The number of thiophene rings is 1. The van der Waals surface area contributed by atoms with Gasteiger partial charge in [0.1, 0.15) is 5.69 Å². The molecule has 0 aliphatic carbocycles. The van der Waals surface area contributed by atoms with Crippen LogP contribution in [-0.2, 0) is 20.1 Å². The number of rotatable bonds is 5. The molecule has 0 spiro atoms. The number of amidine groups is 1. The first-order valence-electron chi connectivity index (χ1n) is 12.6. The number of fused-ring (bicyclic) bond motifs is 2. The minimum absolute atomic E-state index is 0.101. The van der Waals surface area contributed by atoms with Gasteiger partial charge in [-0.2, -0.15) is 5.10 Å². The Morgan fingerprint density at radius 3 is 2.85 bits per heavy atom. The number of hydrogen-bond donors (Lipinski definition) is 1. The molecule has 0 saturated carbocycles. The quantitative estimate of drug-likeness (QED) is 0.322. The molecule has 1 saturated heterocycles. The third-order valence-corrected chi connectivity index (χ3v) is 8.04. The average molecular weight is 543 g/mol. The lowest BCUT2D eigenvalue weighted by molar-refractivity contribution is 0.0115. The van der Waals surface area contributed by atoms with E-state index in [1.54, 1.807) is 39.5 Å². The monoisotopic (exact) mass is 542 g/mol. The first-order valence-corrected chi connectivity index (χ1v) is 13.5. The molecule has 8 nitrogen and oxygen atoms in total. The van der Waals surface area contributed by atoms with Crippen LogP contribution in [0.4, 0.5) is 14.5 Å². The van der Waals surface area contributed by atoms with Gasteiger partial charge in [-0.25, -0.2) is 8.78 Å². The summed E-state index contributed by atoms with van der Waals surface area (Å²) in [6, 6.07) is 10.0. The van der Waals surface area contributed by atoms with E-state index >= 15 is 0 Å². The Labute approximate surface area is 227 Å². The zero-order chi connectivity index (χ0) is 26.6. The van der Waals surface area contributed by atoms with E-state index in [4.69, 9.17) is 10.1 Å². The molecule has 0 unspecified atom stereocenters. The predicted molar refractivity (Wildman–Crippen MR) is 148 cm³/mol. The number of aryl methyl sites for hydroxylation is 1. The van der Waals surface area contributed by atoms with Crippen molar-refractivity contribution in [2.45, 2.75) is 25.4 Å². The van der Waals surface area contributed by atoms with Gasteiger partial charge in [-0.15, -0.1) is 11.3 Å². The van der Waals surface area contributed by atoms with Crippen LogP contribution in [0.3, 0.4) is 0 Å². The van der Waals surface area contributed by atoms with Crippen molar-refractivity contribution >= 4 is 33.8 Å². The van der Waals surface area contributed by atoms with E-state index in [-0.39, 0.29) is 13.0 Å². The summed E-state index contributed by atoms with van der Waals surface area (Å²) in [7, 11) is 1.89. The maximum Gasteiger partial charge on any atom is 0.261 e. The Morgan fingerprint density at radius 1 is 1.10 bits per heavy atom. The highest BCUT2D eigenvalue weighted by molar-refractivity contribution is 7.13. The van der Waals surface area contributed by atoms with Crippen LogP contribution in [0.25, 0.3) is 32.7 Å². The highest BCUT2D eigenvalue weighted by Crippen LogP contribution is 2.34. The number of hydrogen-bond acceptors (Lipinski definition) is 8. The normalized spacial score (nSPS) is 16.7. The van der Waals surface area contributed by atoms with Gasteiger partial charge in [0.05, 0.1) is 41.1 Å². The number of anilines is 1. The summed E-state index contributed by atoms with van der Waals surface area (Å²) in [5, 5.41) is 11.2. The zero-order valence-electron chi connectivity index (χ0n) is 21.1.